The number of anilines is 2. The molecule has 0 unspecified atom stereocenters. The maximum Gasteiger partial charge on any atom is 0.255 e. The highest BCUT2D eigenvalue weighted by molar-refractivity contribution is 7.98. The Morgan fingerprint density at radius 2 is 1.86 bits per heavy atom. The van der Waals surface area contributed by atoms with Crippen molar-refractivity contribution >= 4 is 35.0 Å². The molecule has 2 amide bonds. The molecule has 22 heavy (non-hydrogen) atoms. The Kier molecular flexibility index (Phi) is 5.16. The van der Waals surface area contributed by atoms with Crippen molar-refractivity contribution in [2.75, 3.05) is 23.5 Å². The van der Waals surface area contributed by atoms with E-state index in [4.69, 9.17) is 0 Å². The normalized spacial score (nSPS) is 10.1. The molecule has 1 heterocycles. The molecule has 5 nitrogen and oxygen atoms in total. The lowest BCUT2D eigenvalue weighted by molar-refractivity contribution is -0.116. The highest BCUT2D eigenvalue weighted by Gasteiger charge is 2.09. The van der Waals surface area contributed by atoms with Crippen LogP contribution in [0, 0.1) is 0 Å². The summed E-state index contributed by atoms with van der Waals surface area (Å²) in [6, 6.07) is 10.5. The first-order chi connectivity index (χ1) is 10.5. The molecular formula is C16H17N3O2S. The van der Waals surface area contributed by atoms with E-state index in [0.29, 0.717) is 11.3 Å². The van der Waals surface area contributed by atoms with Gasteiger partial charge in [-0.25, -0.2) is 4.98 Å². The predicted octanol–water partition coefficient (Wildman–Crippen LogP) is 3.04. The molecular weight excluding hydrogens is 298 g/mol. The summed E-state index contributed by atoms with van der Waals surface area (Å²) in [4.78, 5) is 29.2. The average molecular weight is 315 g/mol. The van der Waals surface area contributed by atoms with E-state index in [1.54, 1.807) is 54.5 Å². The first-order valence-electron chi connectivity index (χ1n) is 6.67. The van der Waals surface area contributed by atoms with Gasteiger partial charge in [-0.1, -0.05) is 0 Å². The van der Waals surface area contributed by atoms with Gasteiger partial charge in [0.15, 0.2) is 0 Å². The quantitative estimate of drug-likeness (QED) is 0.881. The summed E-state index contributed by atoms with van der Waals surface area (Å²) in [5.41, 5.74) is 2.01. The van der Waals surface area contributed by atoms with Crippen molar-refractivity contribution in [1.82, 2.24) is 4.98 Å². The molecule has 0 aliphatic carbocycles. The van der Waals surface area contributed by atoms with E-state index in [1.807, 2.05) is 6.26 Å². The molecule has 0 fully saturated rings. The van der Waals surface area contributed by atoms with Crippen LogP contribution < -0.4 is 10.2 Å². The molecule has 1 N–H and O–H groups in total. The lowest BCUT2D eigenvalue weighted by Crippen LogP contribution is -2.22. The first kappa shape index (κ1) is 16.0. The van der Waals surface area contributed by atoms with Gasteiger partial charge in [0, 0.05) is 37.1 Å². The van der Waals surface area contributed by atoms with Crippen molar-refractivity contribution in [2.45, 2.75) is 11.9 Å². The van der Waals surface area contributed by atoms with Crippen LogP contribution in [0.4, 0.5) is 11.4 Å². The lowest BCUT2D eigenvalue weighted by Gasteiger charge is -2.15. The molecule has 0 spiro atoms. The number of hydrogen-bond donors (Lipinski definition) is 1. The van der Waals surface area contributed by atoms with E-state index < -0.39 is 0 Å². The number of carbonyl (C=O) groups is 2. The molecule has 0 aliphatic rings. The molecule has 6 heteroatoms. The van der Waals surface area contributed by atoms with E-state index in [0.717, 1.165) is 10.7 Å². The van der Waals surface area contributed by atoms with Crippen molar-refractivity contribution in [1.29, 1.82) is 0 Å². The summed E-state index contributed by atoms with van der Waals surface area (Å²) in [7, 11) is 1.71. The SMILES string of the molecule is CSc1cc(C(=O)Nc2ccc(N(C)C(C)=O)cc2)ccn1. The fraction of sp³-hybridized carbons (Fsp3) is 0.188. The molecule has 2 rings (SSSR count). The van der Waals surface area contributed by atoms with Crippen LogP contribution in [0.2, 0.25) is 0 Å². The number of rotatable bonds is 4. The van der Waals surface area contributed by atoms with E-state index in [-0.39, 0.29) is 11.8 Å². The van der Waals surface area contributed by atoms with Gasteiger partial charge in [0.05, 0.1) is 5.03 Å². The summed E-state index contributed by atoms with van der Waals surface area (Å²) in [6.45, 7) is 1.50. The summed E-state index contributed by atoms with van der Waals surface area (Å²) >= 11 is 1.49. The van der Waals surface area contributed by atoms with Gasteiger partial charge in [0.25, 0.3) is 5.91 Å². The molecule has 0 bridgehead atoms. The predicted molar refractivity (Wildman–Crippen MR) is 89.5 cm³/mol. The van der Waals surface area contributed by atoms with E-state index in [1.165, 1.54) is 18.7 Å². The van der Waals surface area contributed by atoms with Gasteiger partial charge in [-0.3, -0.25) is 9.59 Å². The largest absolute Gasteiger partial charge is 0.322 e. The Labute approximate surface area is 133 Å². The topological polar surface area (TPSA) is 62.3 Å². The van der Waals surface area contributed by atoms with Crippen LogP contribution in [-0.4, -0.2) is 30.1 Å². The monoisotopic (exact) mass is 315 g/mol. The molecule has 114 valence electrons. The van der Waals surface area contributed by atoms with Crippen LogP contribution in [0.3, 0.4) is 0 Å². The molecule has 0 aliphatic heterocycles. The zero-order valence-corrected chi connectivity index (χ0v) is 13.5. The highest BCUT2D eigenvalue weighted by Crippen LogP contribution is 2.18. The maximum absolute atomic E-state index is 12.2. The van der Waals surface area contributed by atoms with Gasteiger partial charge >= 0.3 is 0 Å². The number of aromatic nitrogens is 1. The Hall–Kier alpha value is -2.34. The average Bonchev–Trinajstić information content (AvgIpc) is 2.54. The van der Waals surface area contributed by atoms with Crippen LogP contribution in [0.1, 0.15) is 17.3 Å². The molecule has 1 aromatic carbocycles. The maximum atomic E-state index is 12.2. The summed E-state index contributed by atoms with van der Waals surface area (Å²) in [5, 5.41) is 3.62. The van der Waals surface area contributed by atoms with Gasteiger partial charge in [-0.15, -0.1) is 11.8 Å². The van der Waals surface area contributed by atoms with Crippen molar-refractivity contribution in [2.24, 2.45) is 0 Å². The van der Waals surface area contributed by atoms with Gasteiger partial charge in [-0.05, 0) is 42.7 Å². The molecule has 0 atom stereocenters. The number of hydrogen-bond acceptors (Lipinski definition) is 4. The van der Waals surface area contributed by atoms with Gasteiger partial charge in [-0.2, -0.15) is 0 Å². The summed E-state index contributed by atoms with van der Waals surface area (Å²) in [6.07, 6.45) is 3.53. The van der Waals surface area contributed by atoms with Crippen LogP contribution in [0.5, 0.6) is 0 Å². The minimum Gasteiger partial charge on any atom is -0.322 e. The highest BCUT2D eigenvalue weighted by atomic mass is 32.2. The first-order valence-corrected chi connectivity index (χ1v) is 7.89. The van der Waals surface area contributed by atoms with Crippen LogP contribution >= 0.6 is 11.8 Å². The Morgan fingerprint density at radius 1 is 1.18 bits per heavy atom. The number of benzene rings is 1. The second kappa shape index (κ2) is 7.09. The number of pyridine rings is 1. The van der Waals surface area contributed by atoms with Crippen molar-refractivity contribution in [3.05, 3.63) is 48.2 Å². The van der Waals surface area contributed by atoms with Crippen LogP contribution in [-0.2, 0) is 4.79 Å². The van der Waals surface area contributed by atoms with Crippen molar-refractivity contribution < 1.29 is 9.59 Å². The summed E-state index contributed by atoms with van der Waals surface area (Å²) in [5.74, 6) is -0.233. The Morgan fingerprint density at radius 3 is 2.45 bits per heavy atom. The Bertz CT molecular complexity index is 686. The third kappa shape index (κ3) is 3.85. The standard InChI is InChI=1S/C16H17N3O2S/c1-11(20)19(2)14-6-4-13(5-7-14)18-16(21)12-8-9-17-15(10-12)22-3/h4-10H,1-3H3,(H,18,21). The lowest BCUT2D eigenvalue weighted by atomic mass is 10.2. The molecule has 0 saturated heterocycles. The third-order valence-corrected chi connectivity index (χ3v) is 3.83. The van der Waals surface area contributed by atoms with Crippen molar-refractivity contribution in [3.63, 3.8) is 0 Å². The van der Waals surface area contributed by atoms with Crippen LogP contribution in [0.15, 0.2) is 47.6 Å². The Balaban J connectivity index is 2.10. The molecule has 0 saturated carbocycles. The minimum absolute atomic E-state index is 0.0434. The van der Waals surface area contributed by atoms with E-state index >= 15 is 0 Å². The van der Waals surface area contributed by atoms with Crippen LogP contribution in [0.25, 0.3) is 0 Å². The molecule has 2 aromatic rings. The number of amides is 2. The fourth-order valence-electron chi connectivity index (χ4n) is 1.82. The second-order valence-corrected chi connectivity index (χ2v) is 5.49. The number of thioether (sulfide) groups is 1. The molecule has 0 radical (unpaired) electrons. The van der Waals surface area contributed by atoms with E-state index in [9.17, 15) is 9.59 Å². The second-order valence-electron chi connectivity index (χ2n) is 4.67. The number of nitrogens with one attached hydrogen (secondary N) is 1. The third-order valence-electron chi connectivity index (χ3n) is 3.19. The van der Waals surface area contributed by atoms with Crippen molar-refractivity contribution in [3.8, 4) is 0 Å². The minimum atomic E-state index is -0.189. The molecule has 1 aromatic heterocycles. The van der Waals surface area contributed by atoms with E-state index in [2.05, 4.69) is 10.3 Å². The summed E-state index contributed by atoms with van der Waals surface area (Å²) < 4.78 is 0. The zero-order chi connectivity index (χ0) is 16.1. The smallest absolute Gasteiger partial charge is 0.255 e. The van der Waals surface area contributed by atoms with Gasteiger partial charge < -0.3 is 10.2 Å². The number of nitrogens with zero attached hydrogens (tertiary/aromatic N) is 2. The zero-order valence-electron chi connectivity index (χ0n) is 12.7. The fourth-order valence-corrected chi connectivity index (χ4v) is 2.23. The van der Waals surface area contributed by atoms with Gasteiger partial charge in [0.1, 0.15) is 0 Å². The van der Waals surface area contributed by atoms with Gasteiger partial charge in [0.2, 0.25) is 5.91 Å². The number of carbonyl (C=O) groups excluding carboxylic acids is 2.